The van der Waals surface area contributed by atoms with E-state index < -0.39 is 0 Å². The molecule has 0 saturated heterocycles. The van der Waals surface area contributed by atoms with Crippen LogP contribution in [0.25, 0.3) is 15.2 Å². The summed E-state index contributed by atoms with van der Waals surface area (Å²) in [4.78, 5) is 13.4. The molecular weight excluding hydrogens is 404 g/mol. The Kier molecular flexibility index (Phi) is 4.94. The molecule has 1 N–H and O–H groups in total. The quantitative estimate of drug-likeness (QED) is 0.475. The molecule has 4 rings (SSSR count). The number of halogens is 1. The molecular formula is C18H15ClN4O2S2. The topological polar surface area (TPSA) is 68.5 Å². The second-order valence-corrected chi connectivity index (χ2v) is 8.49. The van der Waals surface area contributed by atoms with Gasteiger partial charge in [-0.1, -0.05) is 46.8 Å². The van der Waals surface area contributed by atoms with Crippen LogP contribution in [0.3, 0.4) is 0 Å². The van der Waals surface area contributed by atoms with Gasteiger partial charge in [-0.05, 0) is 37.3 Å². The Morgan fingerprint density at radius 1 is 1.30 bits per heavy atom. The van der Waals surface area contributed by atoms with Crippen LogP contribution in [-0.4, -0.2) is 32.9 Å². The van der Waals surface area contributed by atoms with Crippen LogP contribution in [0.15, 0.2) is 47.6 Å². The van der Waals surface area contributed by atoms with Gasteiger partial charge in [0.05, 0.1) is 27.6 Å². The van der Waals surface area contributed by atoms with Crippen LogP contribution in [0, 0.1) is 0 Å². The second kappa shape index (κ2) is 7.38. The zero-order chi connectivity index (χ0) is 19.0. The molecule has 1 unspecified atom stereocenters. The second-order valence-electron chi connectivity index (χ2n) is 5.77. The summed E-state index contributed by atoms with van der Waals surface area (Å²) in [5.41, 5.74) is 1.66. The number of carbonyl (C=O) groups is 1. The number of benzene rings is 2. The van der Waals surface area contributed by atoms with Crippen molar-refractivity contribution in [2.75, 3.05) is 12.4 Å². The lowest BCUT2D eigenvalue weighted by Gasteiger charge is -2.12. The molecule has 1 atom stereocenters. The van der Waals surface area contributed by atoms with Gasteiger partial charge < -0.3 is 10.1 Å². The van der Waals surface area contributed by atoms with Crippen LogP contribution in [0.2, 0.25) is 5.02 Å². The largest absolute Gasteiger partial charge is 0.495 e. The van der Waals surface area contributed by atoms with Gasteiger partial charge >= 0.3 is 0 Å². The molecule has 27 heavy (non-hydrogen) atoms. The Hall–Kier alpha value is -2.29. The molecule has 0 bridgehead atoms. The summed E-state index contributed by atoms with van der Waals surface area (Å²) in [6, 6.07) is 13.2. The Bertz CT molecular complexity index is 1140. The predicted octanol–water partition coefficient (Wildman–Crippen LogP) is 4.73. The lowest BCUT2D eigenvalue weighted by Crippen LogP contribution is -2.22. The average Bonchev–Trinajstić information content (AvgIpc) is 3.21. The van der Waals surface area contributed by atoms with Gasteiger partial charge in [0.15, 0.2) is 5.16 Å². The van der Waals surface area contributed by atoms with Gasteiger partial charge in [-0.15, -0.1) is 10.2 Å². The van der Waals surface area contributed by atoms with E-state index in [4.69, 9.17) is 16.3 Å². The van der Waals surface area contributed by atoms with Crippen LogP contribution >= 0.6 is 34.7 Å². The molecule has 2 heterocycles. The lowest BCUT2D eigenvalue weighted by atomic mass is 10.3. The van der Waals surface area contributed by atoms with Crippen LogP contribution in [0.5, 0.6) is 5.75 Å². The molecule has 0 saturated carbocycles. The summed E-state index contributed by atoms with van der Waals surface area (Å²) in [6.45, 7) is 1.83. The highest BCUT2D eigenvalue weighted by Crippen LogP contribution is 2.32. The summed E-state index contributed by atoms with van der Waals surface area (Å²) in [6.07, 6.45) is 0. The Balaban J connectivity index is 1.53. The number of thioether (sulfide) groups is 1. The van der Waals surface area contributed by atoms with E-state index in [0.717, 1.165) is 15.2 Å². The van der Waals surface area contributed by atoms with E-state index in [0.29, 0.717) is 21.6 Å². The SMILES string of the molecule is COc1ccc(NC(=O)C(C)Sc2nnc3sc4ccccc4n23)cc1Cl. The lowest BCUT2D eigenvalue weighted by molar-refractivity contribution is -0.115. The van der Waals surface area contributed by atoms with E-state index in [1.807, 2.05) is 35.6 Å². The minimum Gasteiger partial charge on any atom is -0.495 e. The molecule has 0 aliphatic heterocycles. The van der Waals surface area contributed by atoms with Gasteiger partial charge in [0.25, 0.3) is 0 Å². The summed E-state index contributed by atoms with van der Waals surface area (Å²) in [5.74, 6) is 0.421. The molecule has 2 aromatic carbocycles. The van der Waals surface area contributed by atoms with Gasteiger partial charge in [-0.3, -0.25) is 9.20 Å². The van der Waals surface area contributed by atoms with Crippen molar-refractivity contribution < 1.29 is 9.53 Å². The average molecular weight is 419 g/mol. The number of aromatic nitrogens is 3. The molecule has 0 aliphatic rings. The van der Waals surface area contributed by atoms with Crippen molar-refractivity contribution in [2.24, 2.45) is 0 Å². The van der Waals surface area contributed by atoms with Crippen molar-refractivity contribution in [1.29, 1.82) is 0 Å². The zero-order valence-electron chi connectivity index (χ0n) is 14.5. The molecule has 6 nitrogen and oxygen atoms in total. The number of ether oxygens (including phenoxy) is 1. The number of hydrogen-bond donors (Lipinski definition) is 1. The molecule has 4 aromatic rings. The van der Waals surface area contributed by atoms with E-state index in [9.17, 15) is 4.79 Å². The van der Waals surface area contributed by atoms with Crippen LogP contribution in [0.4, 0.5) is 5.69 Å². The number of amides is 1. The fourth-order valence-electron chi connectivity index (χ4n) is 2.63. The van der Waals surface area contributed by atoms with Crippen molar-refractivity contribution in [3.63, 3.8) is 0 Å². The number of nitrogens with one attached hydrogen (secondary N) is 1. The van der Waals surface area contributed by atoms with Gasteiger partial charge in [-0.25, -0.2) is 0 Å². The molecule has 0 radical (unpaired) electrons. The standard InChI is InChI=1S/C18H15ClN4O2S2/c1-10(16(24)20-11-7-8-14(25-2)12(19)9-11)26-17-21-22-18-23(17)13-5-3-4-6-15(13)27-18/h3-10H,1-2H3,(H,20,24). The van der Waals surface area contributed by atoms with Gasteiger partial charge in [0, 0.05) is 5.69 Å². The molecule has 0 aliphatic carbocycles. The maximum Gasteiger partial charge on any atom is 0.237 e. The smallest absolute Gasteiger partial charge is 0.237 e. The van der Waals surface area contributed by atoms with Crippen LogP contribution in [0.1, 0.15) is 6.92 Å². The number of para-hydroxylation sites is 1. The van der Waals surface area contributed by atoms with E-state index >= 15 is 0 Å². The molecule has 138 valence electrons. The number of rotatable bonds is 5. The Labute approximate surface area is 168 Å². The van der Waals surface area contributed by atoms with E-state index in [2.05, 4.69) is 15.5 Å². The highest BCUT2D eigenvalue weighted by Gasteiger charge is 2.20. The van der Waals surface area contributed by atoms with Gasteiger partial charge in [-0.2, -0.15) is 0 Å². The number of fused-ring (bicyclic) bond motifs is 3. The van der Waals surface area contributed by atoms with E-state index in [1.54, 1.807) is 36.6 Å². The fraction of sp³-hybridized carbons (Fsp3) is 0.167. The Morgan fingerprint density at radius 3 is 2.89 bits per heavy atom. The van der Waals surface area contributed by atoms with Crippen LogP contribution < -0.4 is 10.1 Å². The summed E-state index contributed by atoms with van der Waals surface area (Å²) < 4.78 is 8.24. The van der Waals surface area contributed by atoms with Crippen molar-refractivity contribution in [1.82, 2.24) is 14.6 Å². The first-order valence-electron chi connectivity index (χ1n) is 8.10. The molecule has 2 aromatic heterocycles. The molecule has 0 fully saturated rings. The van der Waals surface area contributed by atoms with Gasteiger partial charge in [0.2, 0.25) is 10.9 Å². The fourth-order valence-corrected chi connectivity index (χ4v) is 4.77. The monoisotopic (exact) mass is 418 g/mol. The van der Waals surface area contributed by atoms with E-state index in [-0.39, 0.29) is 11.2 Å². The first kappa shape index (κ1) is 18.1. The van der Waals surface area contributed by atoms with Crippen LogP contribution in [-0.2, 0) is 4.79 Å². The summed E-state index contributed by atoms with van der Waals surface area (Å²) in [5, 5.41) is 12.1. The third-order valence-electron chi connectivity index (χ3n) is 3.98. The molecule has 1 amide bonds. The van der Waals surface area contributed by atoms with E-state index in [1.165, 1.54) is 11.8 Å². The van der Waals surface area contributed by atoms with Crippen molar-refractivity contribution >= 4 is 61.5 Å². The first-order valence-corrected chi connectivity index (χ1v) is 10.2. The number of carbonyl (C=O) groups excluding carboxylic acids is 1. The summed E-state index contributed by atoms with van der Waals surface area (Å²) in [7, 11) is 1.55. The van der Waals surface area contributed by atoms with Crippen molar-refractivity contribution in [3.05, 3.63) is 47.5 Å². The Morgan fingerprint density at radius 2 is 2.11 bits per heavy atom. The highest BCUT2D eigenvalue weighted by molar-refractivity contribution is 8.00. The first-order chi connectivity index (χ1) is 13.1. The number of anilines is 1. The normalized spacial score (nSPS) is 12.4. The third kappa shape index (κ3) is 3.47. The maximum absolute atomic E-state index is 12.6. The number of nitrogens with zero attached hydrogens (tertiary/aromatic N) is 3. The maximum atomic E-state index is 12.6. The van der Waals surface area contributed by atoms with Crippen molar-refractivity contribution in [3.8, 4) is 5.75 Å². The minimum absolute atomic E-state index is 0.141. The number of methoxy groups -OCH3 is 1. The highest BCUT2D eigenvalue weighted by atomic mass is 35.5. The zero-order valence-corrected chi connectivity index (χ0v) is 16.9. The predicted molar refractivity (Wildman–Crippen MR) is 110 cm³/mol. The molecule has 9 heteroatoms. The minimum atomic E-state index is -0.364. The van der Waals surface area contributed by atoms with Crippen molar-refractivity contribution in [2.45, 2.75) is 17.3 Å². The number of hydrogen-bond acceptors (Lipinski definition) is 6. The third-order valence-corrected chi connectivity index (χ3v) is 6.33. The molecule has 0 spiro atoms. The number of thiazole rings is 1. The van der Waals surface area contributed by atoms with Gasteiger partial charge in [0.1, 0.15) is 5.75 Å². The summed E-state index contributed by atoms with van der Waals surface area (Å²) >= 11 is 9.05.